The number of rotatable bonds is 3. The van der Waals surface area contributed by atoms with Crippen molar-refractivity contribution in [3.63, 3.8) is 0 Å². The summed E-state index contributed by atoms with van der Waals surface area (Å²) in [5.74, 6) is -0.832. The molecule has 1 rings (SSSR count). The number of carbonyl (C=O) groups is 1. The van der Waals surface area contributed by atoms with Crippen molar-refractivity contribution in [3.8, 4) is 5.75 Å². The van der Waals surface area contributed by atoms with E-state index in [4.69, 9.17) is 5.11 Å². The van der Waals surface area contributed by atoms with Crippen LogP contribution in [-0.2, 0) is 0 Å². The largest absolute Gasteiger partial charge is 0.507 e. The highest BCUT2D eigenvalue weighted by molar-refractivity contribution is 5.91. The van der Waals surface area contributed by atoms with E-state index in [1.165, 1.54) is 0 Å². The van der Waals surface area contributed by atoms with E-state index >= 15 is 0 Å². The molecule has 0 aliphatic carbocycles. The van der Waals surface area contributed by atoms with Gasteiger partial charge in [-0.05, 0) is 29.0 Å². The number of carboxylic acids is 1. The minimum absolute atomic E-state index is 0. The number of aromatic carboxylic acids is 1. The van der Waals surface area contributed by atoms with Crippen LogP contribution in [0.1, 0.15) is 61.0 Å². The summed E-state index contributed by atoms with van der Waals surface area (Å²) in [6.07, 6.45) is 0. The van der Waals surface area contributed by atoms with Crippen molar-refractivity contribution >= 4 is 23.3 Å². The molecule has 17 heavy (non-hydrogen) atoms. The number of carboxylic acid groups (broad SMARTS) is 1. The van der Waals surface area contributed by atoms with E-state index in [1.54, 1.807) is 6.07 Å². The molecule has 0 amide bonds. The quantitative estimate of drug-likeness (QED) is 0.810. The first-order valence-electron chi connectivity index (χ1n) is 5.44. The molecule has 91 valence electrons. The molecule has 0 heterocycles. The van der Waals surface area contributed by atoms with Gasteiger partial charge in [0.05, 0.1) is 0 Å². The highest BCUT2D eigenvalue weighted by Gasteiger charge is 2.18. The molecular weight excluding hydrogens is 231 g/mol. The van der Waals surface area contributed by atoms with Crippen LogP contribution in [0.2, 0.25) is 0 Å². The lowest BCUT2D eigenvalue weighted by molar-refractivity contribution is 0.0693. The summed E-state index contributed by atoms with van der Waals surface area (Å²) in [7, 11) is 0. The van der Waals surface area contributed by atoms with Crippen LogP contribution >= 0.6 is 0 Å². The van der Waals surface area contributed by atoms with Crippen molar-refractivity contribution in [2.75, 3.05) is 0 Å². The molecule has 0 unspecified atom stereocenters. The third-order valence-electron chi connectivity index (χ3n) is 2.68. The maximum Gasteiger partial charge on any atom is 0.339 e. The summed E-state index contributed by atoms with van der Waals surface area (Å²) in [4.78, 5) is 11.0. The average molecular weight is 249 g/mol. The lowest BCUT2D eigenvalue weighted by atomic mass is 9.92. The van der Waals surface area contributed by atoms with Crippen LogP contribution in [-0.4, -0.2) is 33.5 Å². The zero-order valence-corrected chi connectivity index (χ0v) is 11.8. The van der Waals surface area contributed by atoms with E-state index in [2.05, 4.69) is 0 Å². The van der Waals surface area contributed by atoms with Crippen molar-refractivity contribution in [1.29, 1.82) is 0 Å². The Labute approximate surface area is 113 Å². The molecule has 2 N–H and O–H groups in total. The topological polar surface area (TPSA) is 57.5 Å². The Kier molecular flexibility index (Phi) is 5.74. The predicted octanol–water partition coefficient (Wildman–Crippen LogP) is 2.96. The molecule has 0 saturated carbocycles. The van der Waals surface area contributed by atoms with Gasteiger partial charge in [0.25, 0.3) is 0 Å². The monoisotopic (exact) mass is 249 g/mol. The van der Waals surface area contributed by atoms with Gasteiger partial charge in [-0.2, -0.15) is 0 Å². The zero-order valence-electron chi connectivity index (χ0n) is 10.7. The van der Waals surface area contributed by atoms with Gasteiger partial charge in [-0.3, -0.25) is 0 Å². The maximum atomic E-state index is 11.0. The number of aromatic hydroxyl groups is 1. The van der Waals surface area contributed by atoms with Crippen LogP contribution in [0, 0.1) is 0 Å². The number of benzene rings is 1. The maximum absolute atomic E-state index is 11.0. The normalized spacial score (nSPS) is 10.5. The highest BCUT2D eigenvalue weighted by Crippen LogP contribution is 2.32. The minimum Gasteiger partial charge on any atom is -0.507 e. The Hall–Kier alpha value is -0.978. The van der Waals surface area contributed by atoms with Crippen LogP contribution in [0.3, 0.4) is 0 Å². The van der Waals surface area contributed by atoms with Crippen molar-refractivity contribution in [2.45, 2.75) is 39.5 Å². The van der Waals surface area contributed by atoms with Gasteiger partial charge in [0.15, 0.2) is 0 Å². The smallest absolute Gasteiger partial charge is 0.339 e. The van der Waals surface area contributed by atoms with E-state index in [0.29, 0.717) is 5.56 Å². The molecule has 0 bridgehead atoms. The molecule has 1 aromatic rings. The Morgan fingerprint density at radius 2 is 1.65 bits per heavy atom. The molecular formula is C13H18AlO3. The summed E-state index contributed by atoms with van der Waals surface area (Å²) in [6.45, 7) is 7.87. The summed E-state index contributed by atoms with van der Waals surface area (Å²) in [6, 6.07) is 3.44. The average Bonchev–Trinajstić information content (AvgIpc) is 2.16. The first-order valence-corrected chi connectivity index (χ1v) is 5.44. The lowest BCUT2D eigenvalue weighted by Crippen LogP contribution is -2.03. The fourth-order valence-corrected chi connectivity index (χ4v) is 1.62. The van der Waals surface area contributed by atoms with Gasteiger partial charge in [0.1, 0.15) is 11.3 Å². The molecule has 0 aliphatic rings. The van der Waals surface area contributed by atoms with Crippen LogP contribution in [0.25, 0.3) is 0 Å². The molecule has 0 saturated heterocycles. The van der Waals surface area contributed by atoms with Crippen LogP contribution in [0.15, 0.2) is 12.1 Å². The summed E-state index contributed by atoms with van der Waals surface area (Å²) < 4.78 is 0. The summed E-state index contributed by atoms with van der Waals surface area (Å²) in [5, 5.41) is 18.9. The van der Waals surface area contributed by atoms with Gasteiger partial charge in [0, 0.05) is 17.4 Å². The Morgan fingerprint density at radius 3 is 2.00 bits per heavy atom. The fraction of sp³-hybridized carbons (Fsp3) is 0.462. The van der Waals surface area contributed by atoms with Gasteiger partial charge in [0.2, 0.25) is 0 Å². The molecule has 0 aromatic heterocycles. The Bertz CT molecular complexity index is 411. The minimum atomic E-state index is -1.08. The highest BCUT2D eigenvalue weighted by atomic mass is 27.0. The standard InChI is InChI=1S/C13H18O3.Al/c1-7(2)9-5-10(8(3)4)12(14)11(6-9)13(15)16;/h5-8,14H,1-4H3,(H,15,16);. The second-order valence-electron chi connectivity index (χ2n) is 4.62. The molecule has 0 aliphatic heterocycles. The number of hydrogen-bond acceptors (Lipinski definition) is 2. The molecule has 1 aromatic carbocycles. The van der Waals surface area contributed by atoms with Gasteiger partial charge in [-0.15, -0.1) is 0 Å². The van der Waals surface area contributed by atoms with Gasteiger partial charge in [-0.1, -0.05) is 33.8 Å². The first-order chi connectivity index (χ1) is 7.34. The van der Waals surface area contributed by atoms with Crippen molar-refractivity contribution in [2.24, 2.45) is 0 Å². The third kappa shape index (κ3) is 3.49. The summed E-state index contributed by atoms with van der Waals surface area (Å²) >= 11 is 0. The predicted molar refractivity (Wildman–Crippen MR) is 69.0 cm³/mol. The second kappa shape index (κ2) is 6.09. The first kappa shape index (κ1) is 16.0. The molecule has 0 fully saturated rings. The summed E-state index contributed by atoms with van der Waals surface area (Å²) in [5.41, 5.74) is 1.64. The molecule has 0 atom stereocenters. The zero-order chi connectivity index (χ0) is 12.5. The number of phenols is 1. The Balaban J connectivity index is 0.00000256. The van der Waals surface area contributed by atoms with Crippen LogP contribution < -0.4 is 0 Å². The van der Waals surface area contributed by atoms with Crippen molar-refractivity contribution in [1.82, 2.24) is 0 Å². The van der Waals surface area contributed by atoms with Gasteiger partial charge in [-0.25, -0.2) is 4.79 Å². The van der Waals surface area contributed by atoms with Crippen molar-refractivity contribution < 1.29 is 15.0 Å². The van der Waals surface area contributed by atoms with E-state index in [0.717, 1.165) is 5.56 Å². The molecule has 4 heteroatoms. The van der Waals surface area contributed by atoms with E-state index in [9.17, 15) is 9.90 Å². The number of hydrogen-bond donors (Lipinski definition) is 2. The molecule has 3 nitrogen and oxygen atoms in total. The van der Waals surface area contributed by atoms with Gasteiger partial charge >= 0.3 is 5.97 Å². The van der Waals surface area contributed by atoms with E-state index in [-0.39, 0.29) is 40.5 Å². The van der Waals surface area contributed by atoms with Crippen molar-refractivity contribution in [3.05, 3.63) is 28.8 Å². The fourth-order valence-electron chi connectivity index (χ4n) is 1.62. The van der Waals surface area contributed by atoms with E-state index in [1.807, 2.05) is 33.8 Å². The second-order valence-corrected chi connectivity index (χ2v) is 4.62. The third-order valence-corrected chi connectivity index (χ3v) is 2.68. The molecule has 3 radical (unpaired) electrons. The van der Waals surface area contributed by atoms with Crippen LogP contribution in [0.4, 0.5) is 0 Å². The SMILES string of the molecule is CC(C)c1cc(C(=O)O)c(O)c(C(C)C)c1.[Al]. The molecule has 0 spiro atoms. The van der Waals surface area contributed by atoms with Crippen LogP contribution in [0.5, 0.6) is 5.75 Å². The Morgan fingerprint density at radius 1 is 1.12 bits per heavy atom. The van der Waals surface area contributed by atoms with Gasteiger partial charge < -0.3 is 10.2 Å². The lowest BCUT2D eigenvalue weighted by Gasteiger charge is -2.15. The van der Waals surface area contributed by atoms with E-state index < -0.39 is 5.97 Å².